The summed E-state index contributed by atoms with van der Waals surface area (Å²) in [4.78, 5) is 24.2. The molecule has 5 heteroatoms. The summed E-state index contributed by atoms with van der Waals surface area (Å²) < 4.78 is 23.8. The third-order valence-electron chi connectivity index (χ3n) is 5.09. The van der Waals surface area contributed by atoms with Crippen LogP contribution in [0.15, 0.2) is 36.4 Å². The summed E-state index contributed by atoms with van der Waals surface area (Å²) in [6, 6.07) is 9.51. The molecule has 0 saturated heterocycles. The number of carbonyl (C=O) groups is 2. The monoisotopic (exact) mass is 400 g/mol. The van der Waals surface area contributed by atoms with Crippen molar-refractivity contribution in [1.29, 1.82) is 0 Å². The lowest BCUT2D eigenvalue weighted by atomic mass is 9.88. The molecular formula is C24H29FO4. The second-order valence-corrected chi connectivity index (χ2v) is 7.98. The first-order valence-corrected chi connectivity index (χ1v) is 9.74. The van der Waals surface area contributed by atoms with Gasteiger partial charge in [-0.15, -0.1) is 0 Å². The maximum Gasteiger partial charge on any atom is 0.311 e. The van der Waals surface area contributed by atoms with Gasteiger partial charge in [-0.1, -0.05) is 6.07 Å². The first-order chi connectivity index (χ1) is 13.6. The fraction of sp³-hybridized carbons (Fsp3) is 0.417. The summed E-state index contributed by atoms with van der Waals surface area (Å²) in [5.41, 5.74) is 2.81. The van der Waals surface area contributed by atoms with Crippen LogP contribution in [-0.2, 0) is 16.0 Å². The van der Waals surface area contributed by atoms with E-state index < -0.39 is 5.41 Å². The molecule has 156 valence electrons. The van der Waals surface area contributed by atoms with Crippen molar-refractivity contribution in [3.05, 3.63) is 64.5 Å². The van der Waals surface area contributed by atoms with Gasteiger partial charge in [0, 0.05) is 12.0 Å². The third kappa shape index (κ3) is 6.14. The molecule has 0 aromatic heterocycles. The van der Waals surface area contributed by atoms with Gasteiger partial charge in [0.2, 0.25) is 0 Å². The summed E-state index contributed by atoms with van der Waals surface area (Å²) >= 11 is 0. The van der Waals surface area contributed by atoms with Crippen molar-refractivity contribution in [2.75, 3.05) is 13.7 Å². The van der Waals surface area contributed by atoms with Gasteiger partial charge < -0.3 is 9.47 Å². The first-order valence-electron chi connectivity index (χ1n) is 9.74. The molecule has 0 radical (unpaired) electrons. The molecule has 0 aliphatic rings. The van der Waals surface area contributed by atoms with Crippen molar-refractivity contribution in [2.24, 2.45) is 5.41 Å². The van der Waals surface area contributed by atoms with Crippen molar-refractivity contribution in [3.8, 4) is 5.75 Å². The Balaban J connectivity index is 1.97. The third-order valence-corrected chi connectivity index (χ3v) is 5.09. The highest BCUT2D eigenvalue weighted by Gasteiger charge is 2.27. The average Bonchev–Trinajstić information content (AvgIpc) is 2.68. The molecule has 29 heavy (non-hydrogen) atoms. The van der Waals surface area contributed by atoms with E-state index in [-0.39, 0.29) is 24.0 Å². The molecule has 0 heterocycles. The predicted octanol–water partition coefficient (Wildman–Crippen LogP) is 5.23. The first kappa shape index (κ1) is 22.6. The maximum atomic E-state index is 13.0. The molecule has 0 amide bonds. The molecule has 2 aromatic rings. The number of aryl methyl sites for hydroxylation is 2. The fourth-order valence-electron chi connectivity index (χ4n) is 3.18. The van der Waals surface area contributed by atoms with Gasteiger partial charge >= 0.3 is 5.97 Å². The number of benzene rings is 2. The number of Topliss-reactive ketones (excluding diaryl/α,β-unsaturated/α-hetero) is 1. The van der Waals surface area contributed by atoms with E-state index in [0.29, 0.717) is 18.6 Å². The molecule has 4 nitrogen and oxygen atoms in total. The molecule has 0 saturated carbocycles. The number of ketones is 1. The average molecular weight is 400 g/mol. The van der Waals surface area contributed by atoms with Gasteiger partial charge in [-0.05, 0) is 87.6 Å². The van der Waals surface area contributed by atoms with Crippen LogP contribution < -0.4 is 4.74 Å². The number of hydrogen-bond donors (Lipinski definition) is 0. The Kier molecular flexibility index (Phi) is 7.54. The van der Waals surface area contributed by atoms with Crippen LogP contribution in [0.4, 0.5) is 4.39 Å². The smallest absolute Gasteiger partial charge is 0.311 e. The number of rotatable bonds is 9. The van der Waals surface area contributed by atoms with Crippen molar-refractivity contribution in [1.82, 2.24) is 0 Å². The van der Waals surface area contributed by atoms with Crippen molar-refractivity contribution in [2.45, 2.75) is 47.0 Å². The van der Waals surface area contributed by atoms with Crippen LogP contribution >= 0.6 is 0 Å². The van der Waals surface area contributed by atoms with Crippen LogP contribution in [-0.4, -0.2) is 25.5 Å². The molecular weight excluding hydrogens is 371 g/mol. The zero-order valence-electron chi connectivity index (χ0n) is 17.8. The van der Waals surface area contributed by atoms with E-state index in [2.05, 4.69) is 0 Å². The Bertz CT molecular complexity index is 869. The van der Waals surface area contributed by atoms with Gasteiger partial charge in [0.05, 0.1) is 19.1 Å². The molecule has 2 aromatic carbocycles. The van der Waals surface area contributed by atoms with Crippen LogP contribution in [0, 0.1) is 25.1 Å². The van der Waals surface area contributed by atoms with E-state index in [4.69, 9.17) is 9.47 Å². The van der Waals surface area contributed by atoms with E-state index in [1.165, 1.54) is 31.4 Å². The van der Waals surface area contributed by atoms with E-state index in [1.54, 1.807) is 0 Å². The summed E-state index contributed by atoms with van der Waals surface area (Å²) in [5, 5.41) is 0. The van der Waals surface area contributed by atoms with Crippen molar-refractivity contribution in [3.63, 3.8) is 0 Å². The minimum Gasteiger partial charge on any atom is -0.493 e. The Hall–Kier alpha value is -2.69. The summed E-state index contributed by atoms with van der Waals surface area (Å²) in [6.07, 6.45) is 1.65. The van der Waals surface area contributed by atoms with Gasteiger partial charge in [-0.25, -0.2) is 4.39 Å². The number of methoxy groups -OCH3 is 1. The number of carbonyl (C=O) groups excluding carboxylic acids is 2. The molecule has 2 rings (SSSR count). The van der Waals surface area contributed by atoms with Crippen LogP contribution in [0.1, 0.15) is 53.7 Å². The van der Waals surface area contributed by atoms with Gasteiger partial charge in [-0.2, -0.15) is 0 Å². The zero-order valence-corrected chi connectivity index (χ0v) is 17.8. The number of esters is 1. The molecule has 0 N–H and O–H groups in total. The minimum atomic E-state index is -0.534. The van der Waals surface area contributed by atoms with Crippen LogP contribution in [0.25, 0.3) is 0 Å². The lowest BCUT2D eigenvalue weighted by molar-refractivity contribution is -0.151. The van der Waals surface area contributed by atoms with Gasteiger partial charge in [-0.3, -0.25) is 9.59 Å². The highest BCUT2D eigenvalue weighted by Crippen LogP contribution is 2.26. The normalized spacial score (nSPS) is 11.2. The van der Waals surface area contributed by atoms with Gasteiger partial charge in [0.25, 0.3) is 0 Å². The van der Waals surface area contributed by atoms with Crippen LogP contribution in [0.2, 0.25) is 0 Å². The molecule has 0 atom stereocenters. The van der Waals surface area contributed by atoms with Crippen LogP contribution in [0.3, 0.4) is 0 Å². The quantitative estimate of drug-likeness (QED) is 0.329. The molecule has 0 fully saturated rings. The molecule has 0 aliphatic heterocycles. The topological polar surface area (TPSA) is 52.6 Å². The molecule has 0 bridgehead atoms. The molecule has 0 spiro atoms. The predicted molar refractivity (Wildman–Crippen MR) is 111 cm³/mol. The van der Waals surface area contributed by atoms with E-state index in [9.17, 15) is 14.0 Å². The fourth-order valence-corrected chi connectivity index (χ4v) is 3.18. The van der Waals surface area contributed by atoms with Gasteiger partial charge in [0.1, 0.15) is 11.6 Å². The number of halogens is 1. The van der Waals surface area contributed by atoms with Crippen molar-refractivity contribution >= 4 is 11.8 Å². The summed E-state index contributed by atoms with van der Waals surface area (Å²) in [6.45, 7) is 8.11. The molecule has 0 aliphatic carbocycles. The largest absolute Gasteiger partial charge is 0.493 e. The Morgan fingerprint density at radius 1 is 1.03 bits per heavy atom. The van der Waals surface area contributed by atoms with E-state index >= 15 is 0 Å². The number of ether oxygens (including phenoxy) is 2. The number of hydrogen-bond acceptors (Lipinski definition) is 4. The van der Waals surface area contributed by atoms with Gasteiger partial charge in [0.15, 0.2) is 5.78 Å². The SMILES string of the molecule is COC(=O)C(C)(C)CCCOc1cc(C)c(CC(=O)c2ccc(F)cc2)cc1C. The zero-order chi connectivity index (χ0) is 21.6. The van der Waals surface area contributed by atoms with Crippen LogP contribution in [0.5, 0.6) is 5.75 Å². The van der Waals surface area contributed by atoms with E-state index in [0.717, 1.165) is 28.9 Å². The highest BCUT2D eigenvalue weighted by molar-refractivity contribution is 5.97. The Morgan fingerprint density at radius 2 is 1.69 bits per heavy atom. The lowest BCUT2D eigenvalue weighted by Crippen LogP contribution is -2.26. The summed E-state index contributed by atoms with van der Waals surface area (Å²) in [5.74, 6) is 0.146. The molecule has 0 unspecified atom stereocenters. The standard InChI is InChI=1S/C24H29FO4/c1-16-14-22(29-12-6-11-24(3,4)23(27)28-5)17(2)13-19(16)15-21(26)18-7-9-20(25)10-8-18/h7-10,13-14H,6,11-12,15H2,1-5H3. The highest BCUT2D eigenvalue weighted by atomic mass is 19.1. The second-order valence-electron chi connectivity index (χ2n) is 7.98. The Labute approximate surface area is 172 Å². The van der Waals surface area contributed by atoms with E-state index in [1.807, 2.05) is 39.8 Å². The van der Waals surface area contributed by atoms with Crippen molar-refractivity contribution < 1.29 is 23.5 Å². The Morgan fingerprint density at radius 3 is 2.31 bits per heavy atom. The maximum absolute atomic E-state index is 13.0. The second kappa shape index (κ2) is 9.68. The minimum absolute atomic E-state index is 0.0498. The lowest BCUT2D eigenvalue weighted by Gasteiger charge is -2.21. The summed E-state index contributed by atoms with van der Waals surface area (Å²) in [7, 11) is 1.40.